The summed E-state index contributed by atoms with van der Waals surface area (Å²) in [5, 5.41) is 6.45. The molecule has 0 radical (unpaired) electrons. The van der Waals surface area contributed by atoms with Crippen LogP contribution in [0, 0.1) is 11.3 Å². The predicted octanol–water partition coefficient (Wildman–Crippen LogP) is 2.10. The molecule has 1 heterocycles. The SMILES string of the molecule is CCOc1ccc(CNC(=O)C2CC23CCNCC3)cc1OC. The average Bonchev–Trinajstić information content (AvgIpc) is 3.27. The summed E-state index contributed by atoms with van der Waals surface area (Å²) in [5.74, 6) is 1.84. The zero-order valence-electron chi connectivity index (χ0n) is 14.0. The minimum atomic E-state index is 0.194. The molecule has 1 saturated carbocycles. The van der Waals surface area contributed by atoms with E-state index in [1.54, 1.807) is 7.11 Å². The lowest BCUT2D eigenvalue weighted by molar-refractivity contribution is -0.123. The fraction of sp³-hybridized carbons (Fsp3) is 0.611. The quantitative estimate of drug-likeness (QED) is 0.843. The van der Waals surface area contributed by atoms with E-state index in [1.165, 1.54) is 0 Å². The van der Waals surface area contributed by atoms with Crippen LogP contribution in [0.1, 0.15) is 31.7 Å². The van der Waals surface area contributed by atoms with Crippen LogP contribution in [0.3, 0.4) is 0 Å². The van der Waals surface area contributed by atoms with Crippen molar-refractivity contribution in [3.8, 4) is 11.5 Å². The fourth-order valence-electron chi connectivity index (χ4n) is 3.60. The highest BCUT2D eigenvalue weighted by Gasteiger charge is 2.57. The number of hydrogen-bond donors (Lipinski definition) is 2. The van der Waals surface area contributed by atoms with Gasteiger partial charge in [0.25, 0.3) is 0 Å². The van der Waals surface area contributed by atoms with Gasteiger partial charge in [0.15, 0.2) is 11.5 Å². The number of carbonyl (C=O) groups is 1. The Morgan fingerprint density at radius 3 is 2.83 bits per heavy atom. The highest BCUT2D eigenvalue weighted by atomic mass is 16.5. The van der Waals surface area contributed by atoms with Gasteiger partial charge in [0, 0.05) is 12.5 Å². The van der Waals surface area contributed by atoms with Gasteiger partial charge in [-0.1, -0.05) is 6.07 Å². The Labute approximate surface area is 137 Å². The van der Waals surface area contributed by atoms with E-state index in [4.69, 9.17) is 9.47 Å². The van der Waals surface area contributed by atoms with Crippen LogP contribution in [0.5, 0.6) is 11.5 Å². The molecule has 23 heavy (non-hydrogen) atoms. The van der Waals surface area contributed by atoms with Crippen molar-refractivity contribution in [3.05, 3.63) is 23.8 Å². The molecular weight excluding hydrogens is 292 g/mol. The smallest absolute Gasteiger partial charge is 0.223 e. The van der Waals surface area contributed by atoms with Crippen molar-refractivity contribution in [1.29, 1.82) is 0 Å². The molecule has 1 unspecified atom stereocenters. The minimum absolute atomic E-state index is 0.194. The van der Waals surface area contributed by atoms with Crippen molar-refractivity contribution in [3.63, 3.8) is 0 Å². The molecule has 1 aliphatic heterocycles. The van der Waals surface area contributed by atoms with Gasteiger partial charge in [0.2, 0.25) is 5.91 Å². The van der Waals surface area contributed by atoms with E-state index in [2.05, 4.69) is 10.6 Å². The number of rotatable bonds is 6. The first-order chi connectivity index (χ1) is 11.2. The zero-order valence-corrected chi connectivity index (χ0v) is 14.0. The molecule has 2 aliphatic rings. The van der Waals surface area contributed by atoms with Crippen molar-refractivity contribution in [2.75, 3.05) is 26.8 Å². The van der Waals surface area contributed by atoms with Crippen LogP contribution in [0.25, 0.3) is 0 Å². The summed E-state index contributed by atoms with van der Waals surface area (Å²) < 4.78 is 10.9. The molecule has 0 bridgehead atoms. The van der Waals surface area contributed by atoms with Gasteiger partial charge in [-0.05, 0) is 62.4 Å². The maximum Gasteiger partial charge on any atom is 0.223 e. The lowest BCUT2D eigenvalue weighted by atomic mass is 9.92. The van der Waals surface area contributed by atoms with E-state index < -0.39 is 0 Å². The summed E-state index contributed by atoms with van der Waals surface area (Å²) >= 11 is 0. The average molecular weight is 318 g/mol. The lowest BCUT2D eigenvalue weighted by Gasteiger charge is -2.23. The molecule has 1 aromatic carbocycles. The van der Waals surface area contributed by atoms with E-state index in [0.717, 1.165) is 43.7 Å². The Balaban J connectivity index is 1.55. The number of benzene rings is 1. The summed E-state index contributed by atoms with van der Waals surface area (Å²) in [6.45, 7) is 5.16. The molecule has 1 aromatic rings. The van der Waals surface area contributed by atoms with Gasteiger partial charge < -0.3 is 20.1 Å². The molecule has 1 saturated heterocycles. The Bertz CT molecular complexity index is 567. The van der Waals surface area contributed by atoms with Gasteiger partial charge in [0.05, 0.1) is 13.7 Å². The molecule has 2 fully saturated rings. The number of ether oxygens (including phenoxy) is 2. The molecular formula is C18H26N2O3. The van der Waals surface area contributed by atoms with E-state index >= 15 is 0 Å². The van der Waals surface area contributed by atoms with Gasteiger partial charge in [-0.3, -0.25) is 4.79 Å². The fourth-order valence-corrected chi connectivity index (χ4v) is 3.60. The van der Waals surface area contributed by atoms with E-state index in [1.807, 2.05) is 25.1 Å². The van der Waals surface area contributed by atoms with Crippen LogP contribution in [0.15, 0.2) is 18.2 Å². The molecule has 1 amide bonds. The van der Waals surface area contributed by atoms with Gasteiger partial charge >= 0.3 is 0 Å². The van der Waals surface area contributed by atoms with Crippen molar-refractivity contribution in [2.24, 2.45) is 11.3 Å². The molecule has 1 aliphatic carbocycles. The molecule has 5 heteroatoms. The van der Waals surface area contributed by atoms with E-state index in [9.17, 15) is 4.79 Å². The standard InChI is InChI=1S/C18H26N2O3/c1-3-23-15-5-4-13(10-16(15)22-2)12-20-17(21)14-11-18(14)6-8-19-9-7-18/h4-5,10,14,19H,3,6-9,11-12H2,1-2H3,(H,20,21). The predicted molar refractivity (Wildman–Crippen MR) is 88.7 cm³/mol. The van der Waals surface area contributed by atoms with Crippen LogP contribution in [-0.4, -0.2) is 32.7 Å². The molecule has 5 nitrogen and oxygen atoms in total. The minimum Gasteiger partial charge on any atom is -0.493 e. The first-order valence-electron chi connectivity index (χ1n) is 8.46. The highest BCUT2D eigenvalue weighted by molar-refractivity contribution is 5.82. The molecule has 3 rings (SSSR count). The second-order valence-corrected chi connectivity index (χ2v) is 6.51. The number of methoxy groups -OCH3 is 1. The monoisotopic (exact) mass is 318 g/mol. The zero-order chi connectivity index (χ0) is 16.3. The first-order valence-corrected chi connectivity index (χ1v) is 8.46. The number of hydrogen-bond acceptors (Lipinski definition) is 4. The largest absolute Gasteiger partial charge is 0.493 e. The molecule has 126 valence electrons. The second kappa shape index (κ2) is 6.79. The summed E-state index contributed by atoms with van der Waals surface area (Å²) in [6, 6.07) is 5.80. The second-order valence-electron chi connectivity index (χ2n) is 6.51. The Hall–Kier alpha value is -1.75. The van der Waals surface area contributed by atoms with Crippen molar-refractivity contribution < 1.29 is 14.3 Å². The number of nitrogens with one attached hydrogen (secondary N) is 2. The van der Waals surface area contributed by atoms with Crippen molar-refractivity contribution in [1.82, 2.24) is 10.6 Å². The third-order valence-corrected chi connectivity index (χ3v) is 5.10. The van der Waals surface area contributed by atoms with E-state index in [0.29, 0.717) is 18.9 Å². The van der Waals surface area contributed by atoms with Crippen LogP contribution < -0.4 is 20.1 Å². The maximum atomic E-state index is 12.4. The van der Waals surface area contributed by atoms with Gasteiger partial charge in [-0.25, -0.2) is 0 Å². The Kier molecular flexibility index (Phi) is 4.76. The van der Waals surface area contributed by atoms with Gasteiger partial charge in [-0.2, -0.15) is 0 Å². The molecule has 0 aromatic heterocycles. The maximum absolute atomic E-state index is 12.4. The van der Waals surface area contributed by atoms with Gasteiger partial charge in [-0.15, -0.1) is 0 Å². The van der Waals surface area contributed by atoms with Crippen molar-refractivity contribution >= 4 is 5.91 Å². The number of carbonyl (C=O) groups excluding carboxylic acids is 1. The van der Waals surface area contributed by atoms with E-state index in [-0.39, 0.29) is 17.2 Å². The highest BCUT2D eigenvalue weighted by Crippen LogP contribution is 2.58. The van der Waals surface area contributed by atoms with Crippen LogP contribution in [0.2, 0.25) is 0 Å². The topological polar surface area (TPSA) is 59.6 Å². The van der Waals surface area contributed by atoms with Gasteiger partial charge in [0.1, 0.15) is 0 Å². The lowest BCUT2D eigenvalue weighted by Crippen LogP contribution is -2.33. The molecule has 1 spiro atoms. The Morgan fingerprint density at radius 1 is 1.35 bits per heavy atom. The third kappa shape index (κ3) is 3.44. The summed E-state index contributed by atoms with van der Waals surface area (Å²) in [7, 11) is 1.63. The molecule has 2 N–H and O–H groups in total. The van der Waals surface area contributed by atoms with Crippen LogP contribution >= 0.6 is 0 Å². The number of amides is 1. The first kappa shape index (κ1) is 16.1. The summed E-state index contributed by atoms with van der Waals surface area (Å²) in [5.41, 5.74) is 1.31. The summed E-state index contributed by atoms with van der Waals surface area (Å²) in [6.07, 6.45) is 3.30. The molecule has 1 atom stereocenters. The van der Waals surface area contributed by atoms with Crippen LogP contribution in [0.4, 0.5) is 0 Å². The van der Waals surface area contributed by atoms with Crippen molar-refractivity contribution in [2.45, 2.75) is 32.7 Å². The normalized spacial score (nSPS) is 21.7. The summed E-state index contributed by atoms with van der Waals surface area (Å²) in [4.78, 5) is 12.4. The Morgan fingerprint density at radius 2 is 2.13 bits per heavy atom. The van der Waals surface area contributed by atoms with Crippen LogP contribution in [-0.2, 0) is 11.3 Å². The third-order valence-electron chi connectivity index (χ3n) is 5.10. The number of piperidine rings is 1.